The first-order valence-corrected chi connectivity index (χ1v) is 9.33. The summed E-state index contributed by atoms with van der Waals surface area (Å²) in [7, 11) is 1.82. The third kappa shape index (κ3) is 5.03. The molecule has 0 saturated carbocycles. The van der Waals surface area contributed by atoms with Crippen LogP contribution in [0.15, 0.2) is 29.6 Å². The maximum Gasteiger partial charge on any atom is 0.228 e. The number of thiazole rings is 1. The average Bonchev–Trinajstić information content (AvgIpc) is 3.00. The number of nitrogens with two attached hydrogens (primary N) is 1. The summed E-state index contributed by atoms with van der Waals surface area (Å²) in [6.45, 7) is 4.86. The number of rotatable bonds is 7. The Kier molecular flexibility index (Phi) is 6.78. The fraction of sp³-hybridized carbons (Fsp3) is 0.444. The van der Waals surface area contributed by atoms with E-state index in [4.69, 9.17) is 17.3 Å². The topological polar surface area (TPSA) is 59.2 Å². The van der Waals surface area contributed by atoms with Crippen molar-refractivity contribution in [1.29, 1.82) is 0 Å². The smallest absolute Gasteiger partial charge is 0.228 e. The van der Waals surface area contributed by atoms with Crippen LogP contribution in [0.4, 0.5) is 0 Å². The number of benzene rings is 1. The third-order valence-electron chi connectivity index (χ3n) is 4.07. The van der Waals surface area contributed by atoms with E-state index in [1.807, 2.05) is 36.7 Å². The van der Waals surface area contributed by atoms with E-state index in [0.717, 1.165) is 22.7 Å². The number of hydrogen-bond donors (Lipinski definition) is 1. The Morgan fingerprint density at radius 2 is 2.08 bits per heavy atom. The summed E-state index contributed by atoms with van der Waals surface area (Å²) in [5.74, 6) is 0.479. The van der Waals surface area contributed by atoms with Gasteiger partial charge >= 0.3 is 0 Å². The van der Waals surface area contributed by atoms with Crippen molar-refractivity contribution >= 4 is 28.8 Å². The van der Waals surface area contributed by atoms with Crippen molar-refractivity contribution in [3.05, 3.63) is 40.4 Å². The normalized spacial score (nSPS) is 12.4. The van der Waals surface area contributed by atoms with Gasteiger partial charge in [0.25, 0.3) is 0 Å². The Morgan fingerprint density at radius 3 is 2.75 bits per heavy atom. The molecule has 24 heavy (non-hydrogen) atoms. The van der Waals surface area contributed by atoms with E-state index in [-0.39, 0.29) is 11.9 Å². The first-order valence-electron chi connectivity index (χ1n) is 8.07. The van der Waals surface area contributed by atoms with E-state index < -0.39 is 0 Å². The highest BCUT2D eigenvalue weighted by molar-refractivity contribution is 7.13. The summed E-state index contributed by atoms with van der Waals surface area (Å²) in [6, 6.07) is 7.72. The zero-order chi connectivity index (χ0) is 17.7. The van der Waals surface area contributed by atoms with E-state index in [2.05, 4.69) is 18.8 Å². The van der Waals surface area contributed by atoms with Crippen LogP contribution in [-0.4, -0.2) is 35.4 Å². The van der Waals surface area contributed by atoms with Gasteiger partial charge in [0.05, 0.1) is 17.1 Å². The van der Waals surface area contributed by atoms with Gasteiger partial charge in [0.15, 0.2) is 0 Å². The lowest BCUT2D eigenvalue weighted by atomic mass is 10.0. The fourth-order valence-electron chi connectivity index (χ4n) is 2.24. The Bertz CT molecular complexity index is 686. The van der Waals surface area contributed by atoms with Crippen LogP contribution in [0.5, 0.6) is 0 Å². The maximum atomic E-state index is 12.3. The fourth-order valence-corrected chi connectivity index (χ4v) is 3.38. The number of carbonyl (C=O) groups excluding carboxylic acids is 1. The number of likely N-dealkylation sites (N-methyl/N-ethyl adjacent to an activating group) is 1. The van der Waals surface area contributed by atoms with Gasteiger partial charge in [-0.05, 0) is 18.4 Å². The molecule has 0 aliphatic heterocycles. The molecular formula is C18H24ClN3OS. The van der Waals surface area contributed by atoms with Crippen LogP contribution in [0.3, 0.4) is 0 Å². The number of amides is 1. The van der Waals surface area contributed by atoms with Crippen LogP contribution >= 0.6 is 22.9 Å². The minimum atomic E-state index is 0.0574. The molecule has 0 aliphatic rings. The lowest BCUT2D eigenvalue weighted by Crippen LogP contribution is -2.35. The molecule has 0 radical (unpaired) electrons. The molecule has 1 aromatic heterocycles. The lowest BCUT2D eigenvalue weighted by molar-refractivity contribution is -0.129. The van der Waals surface area contributed by atoms with Crippen molar-refractivity contribution in [2.75, 3.05) is 13.6 Å². The lowest BCUT2D eigenvalue weighted by Gasteiger charge is -2.21. The molecule has 0 fully saturated rings. The van der Waals surface area contributed by atoms with Gasteiger partial charge in [0.2, 0.25) is 5.91 Å². The maximum absolute atomic E-state index is 12.3. The summed E-state index contributed by atoms with van der Waals surface area (Å²) in [4.78, 5) is 18.6. The molecular weight excluding hydrogens is 342 g/mol. The molecule has 0 aliphatic carbocycles. The Labute approximate surface area is 152 Å². The second kappa shape index (κ2) is 8.60. The van der Waals surface area contributed by atoms with Gasteiger partial charge in [-0.3, -0.25) is 4.79 Å². The standard InChI is InChI=1S/C18H24ClN3OS/c1-12(2)16(20)8-9-22(3)17(23)10-13-11-24-18(21-13)14-6-4-5-7-15(14)19/h4-7,11-12,16H,8-10,20H2,1-3H3. The Morgan fingerprint density at radius 1 is 1.38 bits per heavy atom. The number of hydrogen-bond acceptors (Lipinski definition) is 4. The highest BCUT2D eigenvalue weighted by Gasteiger charge is 2.15. The predicted octanol–water partition coefficient (Wildman–Crippen LogP) is 3.84. The molecule has 0 spiro atoms. The van der Waals surface area contributed by atoms with Gasteiger partial charge in [0, 0.05) is 30.6 Å². The molecule has 1 unspecified atom stereocenters. The van der Waals surface area contributed by atoms with Crippen LogP contribution in [-0.2, 0) is 11.2 Å². The Balaban J connectivity index is 1.94. The first kappa shape index (κ1) is 18.9. The van der Waals surface area contributed by atoms with Gasteiger partial charge in [-0.1, -0.05) is 43.6 Å². The Hall–Kier alpha value is -1.43. The van der Waals surface area contributed by atoms with Crippen molar-refractivity contribution in [2.24, 2.45) is 11.7 Å². The van der Waals surface area contributed by atoms with E-state index >= 15 is 0 Å². The van der Waals surface area contributed by atoms with Gasteiger partial charge < -0.3 is 10.6 Å². The van der Waals surface area contributed by atoms with Crippen molar-refractivity contribution in [3.8, 4) is 10.6 Å². The highest BCUT2D eigenvalue weighted by atomic mass is 35.5. The van der Waals surface area contributed by atoms with Crippen LogP contribution in [0, 0.1) is 5.92 Å². The first-order chi connectivity index (χ1) is 11.4. The van der Waals surface area contributed by atoms with Gasteiger partial charge in [-0.2, -0.15) is 0 Å². The molecule has 2 rings (SSSR count). The van der Waals surface area contributed by atoms with Gasteiger partial charge in [-0.15, -0.1) is 11.3 Å². The summed E-state index contributed by atoms with van der Waals surface area (Å²) in [5.41, 5.74) is 7.72. The number of carbonyl (C=O) groups is 1. The van der Waals surface area contributed by atoms with Crippen molar-refractivity contribution in [2.45, 2.75) is 32.7 Å². The molecule has 2 aromatic rings. The largest absolute Gasteiger partial charge is 0.345 e. The van der Waals surface area contributed by atoms with Crippen molar-refractivity contribution in [3.63, 3.8) is 0 Å². The molecule has 0 saturated heterocycles. The predicted molar refractivity (Wildman–Crippen MR) is 101 cm³/mol. The summed E-state index contributed by atoms with van der Waals surface area (Å²) < 4.78 is 0. The van der Waals surface area contributed by atoms with Crippen LogP contribution in [0.1, 0.15) is 26.0 Å². The zero-order valence-electron chi connectivity index (χ0n) is 14.3. The second-order valence-corrected chi connectivity index (χ2v) is 7.58. The average molecular weight is 366 g/mol. The summed E-state index contributed by atoms with van der Waals surface area (Å²) in [6.07, 6.45) is 1.11. The van der Waals surface area contributed by atoms with Crippen molar-refractivity contribution in [1.82, 2.24) is 9.88 Å². The zero-order valence-corrected chi connectivity index (χ0v) is 15.9. The monoisotopic (exact) mass is 365 g/mol. The molecule has 1 aromatic carbocycles. The highest BCUT2D eigenvalue weighted by Crippen LogP contribution is 2.30. The number of nitrogens with zero attached hydrogens (tertiary/aromatic N) is 2. The van der Waals surface area contributed by atoms with E-state index in [0.29, 0.717) is 23.9 Å². The molecule has 130 valence electrons. The number of aromatic nitrogens is 1. The van der Waals surface area contributed by atoms with Gasteiger partial charge in [0.1, 0.15) is 5.01 Å². The third-order valence-corrected chi connectivity index (χ3v) is 5.32. The number of halogens is 1. The minimum Gasteiger partial charge on any atom is -0.345 e. The second-order valence-electron chi connectivity index (χ2n) is 6.31. The minimum absolute atomic E-state index is 0.0574. The van der Waals surface area contributed by atoms with Crippen LogP contribution < -0.4 is 5.73 Å². The summed E-state index contributed by atoms with van der Waals surface area (Å²) >= 11 is 7.71. The molecule has 1 atom stereocenters. The van der Waals surface area contributed by atoms with E-state index in [1.165, 1.54) is 11.3 Å². The van der Waals surface area contributed by atoms with Crippen LogP contribution in [0.2, 0.25) is 5.02 Å². The molecule has 0 bridgehead atoms. The summed E-state index contributed by atoms with van der Waals surface area (Å²) in [5, 5.41) is 3.43. The SMILES string of the molecule is CC(C)C(N)CCN(C)C(=O)Cc1csc(-c2ccccc2Cl)n1. The molecule has 4 nitrogen and oxygen atoms in total. The van der Waals surface area contributed by atoms with Gasteiger partial charge in [-0.25, -0.2) is 4.98 Å². The van der Waals surface area contributed by atoms with E-state index in [1.54, 1.807) is 4.90 Å². The molecule has 1 heterocycles. The van der Waals surface area contributed by atoms with Crippen LogP contribution in [0.25, 0.3) is 10.6 Å². The molecule has 1 amide bonds. The molecule has 6 heteroatoms. The quantitative estimate of drug-likeness (QED) is 0.810. The van der Waals surface area contributed by atoms with E-state index in [9.17, 15) is 4.79 Å². The molecule has 2 N–H and O–H groups in total. The van der Waals surface area contributed by atoms with Crippen molar-refractivity contribution < 1.29 is 4.79 Å².